The zero-order valence-electron chi connectivity index (χ0n) is 14.3. The minimum absolute atomic E-state index is 0.191. The highest BCUT2D eigenvalue weighted by Crippen LogP contribution is 2.19. The Morgan fingerprint density at radius 1 is 1.22 bits per heavy atom. The molecule has 4 rings (SSSR count). The summed E-state index contributed by atoms with van der Waals surface area (Å²) in [6, 6.07) is 11.5. The van der Waals surface area contributed by atoms with Gasteiger partial charge in [-0.25, -0.2) is 4.68 Å². The summed E-state index contributed by atoms with van der Waals surface area (Å²) < 4.78 is 12.3. The first-order valence-corrected chi connectivity index (χ1v) is 9.32. The lowest BCUT2D eigenvalue weighted by Gasteiger charge is -2.06. The Balaban J connectivity index is 1.25. The van der Waals surface area contributed by atoms with Crippen LogP contribution in [0, 0.1) is 0 Å². The number of aromatic nitrogens is 4. The van der Waals surface area contributed by atoms with Crippen LogP contribution in [-0.2, 0) is 22.6 Å². The summed E-state index contributed by atoms with van der Waals surface area (Å²) in [5.41, 5.74) is 2.78. The van der Waals surface area contributed by atoms with Crippen LogP contribution >= 0.6 is 11.3 Å². The smallest absolute Gasteiger partial charge is 0.306 e. The van der Waals surface area contributed by atoms with E-state index < -0.39 is 0 Å². The minimum Gasteiger partial charge on any atom is -0.461 e. The van der Waals surface area contributed by atoms with Gasteiger partial charge in [0.25, 0.3) is 0 Å². The van der Waals surface area contributed by atoms with E-state index in [4.69, 9.17) is 9.26 Å². The van der Waals surface area contributed by atoms with Crippen molar-refractivity contribution in [1.82, 2.24) is 19.9 Å². The van der Waals surface area contributed by atoms with Crippen LogP contribution in [0.2, 0.25) is 0 Å². The van der Waals surface area contributed by atoms with E-state index in [-0.39, 0.29) is 19.0 Å². The maximum absolute atomic E-state index is 12.0. The summed E-state index contributed by atoms with van der Waals surface area (Å²) in [5.74, 6) is 0.662. The van der Waals surface area contributed by atoms with Crippen LogP contribution in [-0.4, -0.2) is 25.9 Å². The third kappa shape index (κ3) is 4.29. The first kappa shape index (κ1) is 17.2. The summed E-state index contributed by atoms with van der Waals surface area (Å²) >= 11 is 1.57. The Labute approximate surface area is 159 Å². The molecule has 0 unspecified atom stereocenters. The van der Waals surface area contributed by atoms with Crippen LogP contribution in [0.15, 0.2) is 64.1 Å². The summed E-state index contributed by atoms with van der Waals surface area (Å²) in [6.07, 6.45) is 4.14. The monoisotopic (exact) mass is 380 g/mol. The lowest BCUT2D eigenvalue weighted by molar-refractivity contribution is -0.145. The molecule has 0 saturated carbocycles. The maximum atomic E-state index is 12.0. The van der Waals surface area contributed by atoms with Crippen molar-refractivity contribution in [3.63, 3.8) is 0 Å². The van der Waals surface area contributed by atoms with E-state index in [1.54, 1.807) is 22.2 Å². The predicted octanol–water partition coefficient (Wildman–Crippen LogP) is 3.66. The molecule has 0 atom stereocenters. The summed E-state index contributed by atoms with van der Waals surface area (Å²) in [4.78, 5) is 16.2. The fraction of sp³-hybridized carbons (Fsp3) is 0.158. The van der Waals surface area contributed by atoms with Gasteiger partial charge in [-0.1, -0.05) is 17.3 Å². The van der Waals surface area contributed by atoms with Gasteiger partial charge in [0.15, 0.2) is 0 Å². The Morgan fingerprint density at radius 2 is 2.11 bits per heavy atom. The van der Waals surface area contributed by atoms with E-state index in [0.717, 1.165) is 16.8 Å². The number of hydrogen-bond acceptors (Lipinski definition) is 7. The fourth-order valence-corrected chi connectivity index (χ4v) is 3.11. The van der Waals surface area contributed by atoms with Gasteiger partial charge in [-0.3, -0.25) is 4.79 Å². The average molecular weight is 380 g/mol. The zero-order valence-corrected chi connectivity index (χ0v) is 15.1. The zero-order chi connectivity index (χ0) is 18.5. The van der Waals surface area contributed by atoms with Gasteiger partial charge >= 0.3 is 5.97 Å². The molecule has 0 amide bonds. The maximum Gasteiger partial charge on any atom is 0.306 e. The van der Waals surface area contributed by atoms with Gasteiger partial charge < -0.3 is 9.26 Å². The molecule has 27 heavy (non-hydrogen) atoms. The number of aryl methyl sites for hydroxylation is 1. The molecule has 0 aliphatic heterocycles. The van der Waals surface area contributed by atoms with E-state index in [2.05, 4.69) is 15.2 Å². The molecule has 3 aromatic heterocycles. The first-order valence-electron chi connectivity index (χ1n) is 8.38. The van der Waals surface area contributed by atoms with Crippen molar-refractivity contribution in [3.05, 3.63) is 71.0 Å². The van der Waals surface area contributed by atoms with E-state index in [1.807, 2.05) is 53.4 Å². The highest BCUT2D eigenvalue weighted by atomic mass is 32.1. The van der Waals surface area contributed by atoms with Crippen LogP contribution in [0.5, 0.6) is 0 Å². The quantitative estimate of drug-likeness (QED) is 0.455. The molecular weight excluding hydrogens is 364 g/mol. The van der Waals surface area contributed by atoms with Crippen LogP contribution < -0.4 is 0 Å². The van der Waals surface area contributed by atoms with Crippen LogP contribution in [0.1, 0.15) is 17.9 Å². The second-order valence-corrected chi connectivity index (χ2v) is 6.58. The third-order valence-electron chi connectivity index (χ3n) is 3.90. The third-order valence-corrected chi connectivity index (χ3v) is 4.58. The molecule has 8 heteroatoms. The molecule has 7 nitrogen and oxygen atoms in total. The number of carbonyl (C=O) groups is 1. The molecule has 136 valence electrons. The Bertz CT molecular complexity index is 992. The Morgan fingerprint density at radius 3 is 2.85 bits per heavy atom. The summed E-state index contributed by atoms with van der Waals surface area (Å²) in [5, 5.41) is 12.0. The molecule has 1 aromatic carbocycles. The van der Waals surface area contributed by atoms with Crippen molar-refractivity contribution in [3.8, 4) is 17.1 Å². The average Bonchev–Trinajstić information content (AvgIpc) is 3.47. The lowest BCUT2D eigenvalue weighted by Crippen LogP contribution is -2.06. The standard InChI is InChI=1S/C19H16N4O3S/c24-18(7-6-17-21-19(22-26-17)15-8-11-27-13-15)25-12-14-2-4-16(5-3-14)23-10-1-9-20-23/h1-5,8-11,13H,6-7,12H2. The molecule has 3 heterocycles. The van der Waals surface area contributed by atoms with Gasteiger partial charge in [-0.2, -0.15) is 21.4 Å². The highest BCUT2D eigenvalue weighted by Gasteiger charge is 2.11. The summed E-state index contributed by atoms with van der Waals surface area (Å²) in [7, 11) is 0. The highest BCUT2D eigenvalue weighted by molar-refractivity contribution is 7.08. The number of thiophene rings is 1. The van der Waals surface area contributed by atoms with Gasteiger partial charge in [0, 0.05) is 29.8 Å². The summed E-state index contributed by atoms with van der Waals surface area (Å²) in [6.45, 7) is 0.224. The van der Waals surface area contributed by atoms with Crippen LogP contribution in [0.4, 0.5) is 0 Å². The van der Waals surface area contributed by atoms with Crippen molar-refractivity contribution in [2.45, 2.75) is 19.4 Å². The number of rotatable bonds is 7. The largest absolute Gasteiger partial charge is 0.461 e. The van der Waals surface area contributed by atoms with Crippen molar-refractivity contribution in [2.75, 3.05) is 0 Å². The first-order chi connectivity index (χ1) is 13.3. The van der Waals surface area contributed by atoms with Crippen molar-refractivity contribution in [2.24, 2.45) is 0 Å². The minimum atomic E-state index is -0.304. The normalized spacial score (nSPS) is 10.8. The van der Waals surface area contributed by atoms with E-state index in [1.165, 1.54) is 0 Å². The number of hydrogen-bond donors (Lipinski definition) is 0. The second-order valence-electron chi connectivity index (χ2n) is 5.80. The molecule has 0 aliphatic carbocycles. The Kier molecular flexibility index (Phi) is 5.06. The topological polar surface area (TPSA) is 83.0 Å². The predicted molar refractivity (Wildman–Crippen MR) is 99.3 cm³/mol. The number of carbonyl (C=O) groups excluding carboxylic acids is 1. The van der Waals surface area contributed by atoms with E-state index in [9.17, 15) is 4.79 Å². The van der Waals surface area contributed by atoms with Crippen LogP contribution in [0.25, 0.3) is 17.1 Å². The van der Waals surface area contributed by atoms with Gasteiger partial charge in [-0.05, 0) is 35.2 Å². The van der Waals surface area contributed by atoms with Gasteiger partial charge in [-0.15, -0.1) is 0 Å². The van der Waals surface area contributed by atoms with Crippen LogP contribution in [0.3, 0.4) is 0 Å². The van der Waals surface area contributed by atoms with Crippen molar-refractivity contribution in [1.29, 1.82) is 0 Å². The van der Waals surface area contributed by atoms with Crippen molar-refractivity contribution >= 4 is 17.3 Å². The molecule has 0 saturated heterocycles. The number of nitrogens with zero attached hydrogens (tertiary/aromatic N) is 4. The van der Waals surface area contributed by atoms with E-state index >= 15 is 0 Å². The van der Waals surface area contributed by atoms with Gasteiger partial charge in [0.05, 0.1) is 12.1 Å². The van der Waals surface area contributed by atoms with Gasteiger partial charge in [0.1, 0.15) is 6.61 Å². The number of ether oxygens (including phenoxy) is 1. The molecule has 4 aromatic rings. The SMILES string of the molecule is O=C(CCc1nc(-c2ccsc2)no1)OCc1ccc(-n2cccn2)cc1. The number of benzene rings is 1. The molecule has 0 aliphatic rings. The molecule has 0 spiro atoms. The van der Waals surface area contributed by atoms with Gasteiger partial charge in [0.2, 0.25) is 11.7 Å². The molecule has 0 bridgehead atoms. The fourth-order valence-electron chi connectivity index (χ4n) is 2.48. The Hall–Kier alpha value is -3.26. The van der Waals surface area contributed by atoms with Crippen molar-refractivity contribution < 1.29 is 14.1 Å². The van der Waals surface area contributed by atoms with E-state index in [0.29, 0.717) is 18.1 Å². The lowest BCUT2D eigenvalue weighted by atomic mass is 10.2. The molecular formula is C19H16N4O3S. The number of esters is 1. The second kappa shape index (κ2) is 7.96. The molecule has 0 N–H and O–H groups in total. The molecule has 0 radical (unpaired) electrons. The molecule has 0 fully saturated rings.